The van der Waals surface area contributed by atoms with E-state index in [0.29, 0.717) is 6.42 Å². The molecule has 0 heterocycles. The number of aliphatic hydroxyl groups excluding tert-OH is 3. The highest BCUT2D eigenvalue weighted by Crippen LogP contribution is 2.25. The van der Waals surface area contributed by atoms with Gasteiger partial charge in [0, 0.05) is 0 Å². The molecule has 0 bridgehead atoms. The van der Waals surface area contributed by atoms with Crippen LogP contribution in [0, 0.1) is 5.92 Å². The van der Waals surface area contributed by atoms with Gasteiger partial charge >= 0.3 is 0 Å². The van der Waals surface area contributed by atoms with Crippen LogP contribution in [0.5, 0.6) is 0 Å². The van der Waals surface area contributed by atoms with Crippen LogP contribution in [-0.4, -0.2) is 34.1 Å². The van der Waals surface area contributed by atoms with Crippen LogP contribution >= 0.6 is 0 Å². The Hall–Kier alpha value is -0.380. The van der Waals surface area contributed by atoms with Crippen molar-refractivity contribution in [1.82, 2.24) is 0 Å². The second-order valence-electron chi connectivity index (χ2n) is 18.5. The van der Waals surface area contributed by atoms with Crippen molar-refractivity contribution in [2.75, 3.05) is 6.61 Å². The molecule has 0 fully saturated rings. The van der Waals surface area contributed by atoms with Gasteiger partial charge in [0.15, 0.2) is 0 Å². The summed E-state index contributed by atoms with van der Waals surface area (Å²) in [5.74, 6) is 0.992. The lowest BCUT2D eigenvalue weighted by Crippen LogP contribution is -2.28. The third-order valence-electron chi connectivity index (χ3n) is 12.8. The highest BCUT2D eigenvalue weighted by molar-refractivity contribution is 4.81. The van der Waals surface area contributed by atoms with Gasteiger partial charge in [0.1, 0.15) is 6.10 Å². The van der Waals surface area contributed by atoms with Crippen LogP contribution in [0.25, 0.3) is 0 Å². The van der Waals surface area contributed by atoms with Crippen LogP contribution < -0.4 is 0 Å². The van der Waals surface area contributed by atoms with Crippen LogP contribution in [0.3, 0.4) is 0 Å². The molecule has 0 amide bonds. The highest BCUT2D eigenvalue weighted by Gasteiger charge is 2.14. The van der Waals surface area contributed by atoms with Crippen LogP contribution in [0.4, 0.5) is 0 Å². The summed E-state index contributed by atoms with van der Waals surface area (Å²) in [7, 11) is 0. The van der Waals surface area contributed by atoms with Gasteiger partial charge in [-0.15, -0.1) is 0 Å². The SMILES string of the molecule is CCCCCCCCCCCCCCCCC(CCCCCCC/C=C\CCCCCCCCC(O)C(O)CO)CCCCCCCCCCCCCCCC. The summed E-state index contributed by atoms with van der Waals surface area (Å²) in [4.78, 5) is 0. The maximum atomic E-state index is 9.71. The monoisotopic (exact) mass is 791 g/mol. The first-order valence-corrected chi connectivity index (χ1v) is 26.3. The first-order valence-electron chi connectivity index (χ1n) is 26.3. The van der Waals surface area contributed by atoms with Crippen LogP contribution in [0.1, 0.15) is 303 Å². The Kier molecular flexibility index (Phi) is 48.7. The number of hydrogen-bond donors (Lipinski definition) is 3. The maximum absolute atomic E-state index is 9.71. The summed E-state index contributed by atoms with van der Waals surface area (Å²) in [6.45, 7) is 4.27. The average Bonchev–Trinajstić information content (AvgIpc) is 3.21. The Morgan fingerprint density at radius 1 is 0.286 bits per heavy atom. The van der Waals surface area contributed by atoms with Gasteiger partial charge in [0.2, 0.25) is 0 Å². The van der Waals surface area contributed by atoms with Crippen molar-refractivity contribution in [3.8, 4) is 0 Å². The van der Waals surface area contributed by atoms with Gasteiger partial charge in [0.05, 0.1) is 12.7 Å². The van der Waals surface area contributed by atoms with Gasteiger partial charge in [-0.25, -0.2) is 0 Å². The van der Waals surface area contributed by atoms with Crippen molar-refractivity contribution < 1.29 is 15.3 Å². The van der Waals surface area contributed by atoms with Crippen molar-refractivity contribution in [1.29, 1.82) is 0 Å². The maximum Gasteiger partial charge on any atom is 0.103 e. The average molecular weight is 791 g/mol. The largest absolute Gasteiger partial charge is 0.394 e. The molecule has 0 aromatic rings. The van der Waals surface area contributed by atoms with Crippen molar-refractivity contribution in [2.24, 2.45) is 5.92 Å². The zero-order valence-corrected chi connectivity index (χ0v) is 38.8. The van der Waals surface area contributed by atoms with Crippen molar-refractivity contribution in [2.45, 2.75) is 315 Å². The predicted octanol–water partition coefficient (Wildman–Crippen LogP) is 17.5. The number of unbranched alkanes of at least 4 members (excludes halogenated alkanes) is 37. The van der Waals surface area contributed by atoms with E-state index < -0.39 is 12.2 Å². The third kappa shape index (κ3) is 44.7. The summed E-state index contributed by atoms with van der Waals surface area (Å²) < 4.78 is 0. The molecule has 56 heavy (non-hydrogen) atoms. The van der Waals surface area contributed by atoms with Gasteiger partial charge in [-0.2, -0.15) is 0 Å². The van der Waals surface area contributed by atoms with E-state index in [1.54, 1.807) is 0 Å². The molecule has 2 atom stereocenters. The van der Waals surface area contributed by atoms with Gasteiger partial charge < -0.3 is 15.3 Å². The molecular formula is C53H106O3. The summed E-state index contributed by atoms with van der Waals surface area (Å²) in [5.41, 5.74) is 0. The minimum Gasteiger partial charge on any atom is -0.394 e. The number of allylic oxidation sites excluding steroid dienone is 2. The summed E-state index contributed by atoms with van der Waals surface area (Å²) in [6, 6.07) is 0. The molecule has 0 aliphatic carbocycles. The molecule has 0 rings (SSSR count). The molecule has 0 saturated carbocycles. The van der Waals surface area contributed by atoms with Gasteiger partial charge in [-0.3, -0.25) is 0 Å². The fourth-order valence-corrected chi connectivity index (χ4v) is 8.79. The zero-order chi connectivity index (χ0) is 40.7. The van der Waals surface area contributed by atoms with E-state index in [0.717, 1.165) is 18.8 Å². The lowest BCUT2D eigenvalue weighted by atomic mass is 9.89. The van der Waals surface area contributed by atoms with Gasteiger partial charge in [0.25, 0.3) is 0 Å². The lowest BCUT2D eigenvalue weighted by Gasteiger charge is -2.17. The Labute approximate surface area is 353 Å². The first kappa shape index (κ1) is 55.6. The van der Waals surface area contributed by atoms with Crippen molar-refractivity contribution >= 4 is 0 Å². The fraction of sp³-hybridized carbons (Fsp3) is 0.962. The zero-order valence-electron chi connectivity index (χ0n) is 38.8. The van der Waals surface area contributed by atoms with E-state index in [4.69, 9.17) is 5.11 Å². The molecule has 0 aromatic heterocycles. The summed E-state index contributed by atoms with van der Waals surface area (Å²) >= 11 is 0. The number of rotatable bonds is 49. The predicted molar refractivity (Wildman–Crippen MR) is 251 cm³/mol. The smallest absolute Gasteiger partial charge is 0.103 e. The van der Waals surface area contributed by atoms with Crippen LogP contribution in [0.15, 0.2) is 12.2 Å². The van der Waals surface area contributed by atoms with E-state index in [2.05, 4.69) is 26.0 Å². The molecule has 3 N–H and O–H groups in total. The molecule has 0 aliphatic rings. The Morgan fingerprint density at radius 3 is 0.786 bits per heavy atom. The molecule has 0 aromatic carbocycles. The van der Waals surface area contributed by atoms with Crippen molar-refractivity contribution in [3.63, 3.8) is 0 Å². The topological polar surface area (TPSA) is 60.7 Å². The molecule has 0 aliphatic heterocycles. The normalized spacial score (nSPS) is 13.1. The molecular weight excluding hydrogens is 685 g/mol. The fourth-order valence-electron chi connectivity index (χ4n) is 8.79. The van der Waals surface area contributed by atoms with Gasteiger partial charge in [-0.1, -0.05) is 283 Å². The quantitative estimate of drug-likeness (QED) is 0.0425. The van der Waals surface area contributed by atoms with Crippen LogP contribution in [0.2, 0.25) is 0 Å². The van der Waals surface area contributed by atoms with E-state index in [1.165, 1.54) is 270 Å². The highest BCUT2D eigenvalue weighted by atomic mass is 16.4. The minimum absolute atomic E-state index is 0.353. The van der Waals surface area contributed by atoms with E-state index >= 15 is 0 Å². The molecule has 0 spiro atoms. The van der Waals surface area contributed by atoms with E-state index in [-0.39, 0.29) is 6.61 Å². The molecule has 0 saturated heterocycles. The van der Waals surface area contributed by atoms with E-state index in [9.17, 15) is 10.2 Å². The number of aliphatic hydroxyl groups is 3. The standard InChI is InChI=1S/C53H106O3/c1-3-5-7-9-11-13-15-17-22-26-30-34-38-42-46-51(47-43-39-35-31-27-23-18-16-14-12-10-8-6-4-2)48-44-40-36-32-28-24-20-19-21-25-29-33-37-41-45-49-52(55)53(56)50-54/h19-20,51-56H,3-18,21-50H2,1-2H3/b20-19-. The second-order valence-corrected chi connectivity index (χ2v) is 18.5. The van der Waals surface area contributed by atoms with E-state index in [1.807, 2.05) is 0 Å². The first-order chi connectivity index (χ1) is 27.7. The van der Waals surface area contributed by atoms with Crippen LogP contribution in [-0.2, 0) is 0 Å². The molecule has 336 valence electrons. The summed E-state index contributed by atoms with van der Waals surface area (Å²) in [5, 5.41) is 28.0. The Morgan fingerprint density at radius 2 is 0.518 bits per heavy atom. The second kappa shape index (κ2) is 49.0. The lowest BCUT2D eigenvalue weighted by molar-refractivity contribution is -0.0185. The van der Waals surface area contributed by atoms with Crippen molar-refractivity contribution in [3.05, 3.63) is 12.2 Å². The Balaban J connectivity index is 3.99. The summed E-state index contributed by atoms with van der Waals surface area (Å²) in [6.07, 6.45) is 65.7. The number of hydrogen-bond acceptors (Lipinski definition) is 3. The molecule has 3 heteroatoms. The Bertz CT molecular complexity index is 690. The van der Waals surface area contributed by atoms with Gasteiger partial charge in [-0.05, 0) is 38.0 Å². The molecule has 2 unspecified atom stereocenters. The molecule has 3 nitrogen and oxygen atoms in total. The third-order valence-corrected chi connectivity index (χ3v) is 12.8. The molecule has 0 radical (unpaired) electrons. The minimum atomic E-state index is -0.985.